The predicted molar refractivity (Wildman–Crippen MR) is 59.2 cm³/mol. The van der Waals surface area contributed by atoms with Gasteiger partial charge >= 0.3 is 0 Å². The number of unbranched alkanes of at least 4 members (excludes halogenated alkanes) is 3. The maximum Gasteiger partial charge on any atom is 0.119 e. The quantitative estimate of drug-likeness (QED) is 0.679. The lowest BCUT2D eigenvalue weighted by Gasteiger charge is -2.05. The fraction of sp³-hybridized carbons (Fsp3) is 0.500. The highest BCUT2D eigenvalue weighted by molar-refractivity contribution is 5.29. The molecule has 0 spiro atoms. The van der Waals surface area contributed by atoms with Gasteiger partial charge in [-0.1, -0.05) is 6.42 Å². The molecule has 0 aliphatic rings. The molecule has 1 rings (SSSR count). The number of aromatic hydroxyl groups is 1. The number of rotatable bonds is 7. The second kappa shape index (κ2) is 7.12. The van der Waals surface area contributed by atoms with Gasteiger partial charge in [-0.25, -0.2) is 0 Å². The third kappa shape index (κ3) is 5.27. The van der Waals surface area contributed by atoms with Crippen LogP contribution in [0.5, 0.6) is 11.5 Å². The number of benzene rings is 1. The molecule has 0 amide bonds. The highest BCUT2D eigenvalue weighted by Gasteiger charge is 1.94. The van der Waals surface area contributed by atoms with Crippen LogP contribution in [0.3, 0.4) is 0 Å². The number of ether oxygens (including phenoxy) is 1. The molecule has 3 nitrogen and oxygen atoms in total. The summed E-state index contributed by atoms with van der Waals surface area (Å²) in [5.74, 6) is 1.04. The topological polar surface area (TPSA) is 49.7 Å². The molecule has 3 heteroatoms. The van der Waals surface area contributed by atoms with Crippen molar-refractivity contribution in [1.29, 1.82) is 0 Å². The normalized spacial score (nSPS) is 10.2. The van der Waals surface area contributed by atoms with Crippen LogP contribution in [0.1, 0.15) is 25.7 Å². The van der Waals surface area contributed by atoms with E-state index in [0.29, 0.717) is 6.61 Å². The lowest BCUT2D eigenvalue weighted by molar-refractivity contribution is 0.273. The highest BCUT2D eigenvalue weighted by atomic mass is 16.5. The molecule has 0 fully saturated rings. The van der Waals surface area contributed by atoms with Crippen molar-refractivity contribution in [3.05, 3.63) is 24.3 Å². The van der Waals surface area contributed by atoms with E-state index in [1.807, 2.05) is 0 Å². The van der Waals surface area contributed by atoms with Gasteiger partial charge < -0.3 is 14.9 Å². The third-order valence-electron chi connectivity index (χ3n) is 2.16. The number of aliphatic hydroxyl groups is 1. The van der Waals surface area contributed by atoms with E-state index in [0.717, 1.165) is 31.4 Å². The largest absolute Gasteiger partial charge is 0.508 e. The Morgan fingerprint density at radius 3 is 2.27 bits per heavy atom. The van der Waals surface area contributed by atoms with Gasteiger partial charge in [-0.3, -0.25) is 0 Å². The number of hydrogen-bond acceptors (Lipinski definition) is 3. The van der Waals surface area contributed by atoms with Crippen molar-refractivity contribution in [2.24, 2.45) is 0 Å². The second-order valence-corrected chi connectivity index (χ2v) is 3.48. The molecule has 1 aromatic carbocycles. The molecule has 15 heavy (non-hydrogen) atoms. The van der Waals surface area contributed by atoms with E-state index in [9.17, 15) is 0 Å². The molecule has 0 saturated heterocycles. The lowest BCUT2D eigenvalue weighted by Crippen LogP contribution is -1.97. The fourth-order valence-corrected chi connectivity index (χ4v) is 1.30. The molecule has 0 atom stereocenters. The summed E-state index contributed by atoms with van der Waals surface area (Å²) in [4.78, 5) is 0. The van der Waals surface area contributed by atoms with Crippen LogP contribution < -0.4 is 4.74 Å². The van der Waals surface area contributed by atoms with E-state index in [1.165, 1.54) is 0 Å². The van der Waals surface area contributed by atoms with E-state index in [4.69, 9.17) is 14.9 Å². The molecule has 0 aliphatic heterocycles. The van der Waals surface area contributed by atoms with Crippen LogP contribution in [0.2, 0.25) is 0 Å². The molecule has 0 bridgehead atoms. The molecule has 2 N–H and O–H groups in total. The standard InChI is InChI=1S/C12H18O3/c13-9-3-1-2-4-10-15-12-7-5-11(14)6-8-12/h5-8,13-14H,1-4,9-10H2. The molecule has 0 radical (unpaired) electrons. The Morgan fingerprint density at radius 1 is 0.933 bits per heavy atom. The van der Waals surface area contributed by atoms with Crippen molar-refractivity contribution in [2.45, 2.75) is 25.7 Å². The van der Waals surface area contributed by atoms with Crippen LogP contribution in [-0.4, -0.2) is 23.4 Å². The van der Waals surface area contributed by atoms with Gasteiger partial charge in [0, 0.05) is 6.61 Å². The summed E-state index contributed by atoms with van der Waals surface area (Å²) in [5, 5.41) is 17.6. The molecule has 0 aliphatic carbocycles. The van der Waals surface area contributed by atoms with Crippen LogP contribution in [-0.2, 0) is 0 Å². The van der Waals surface area contributed by atoms with Crippen LogP contribution >= 0.6 is 0 Å². The Bertz CT molecular complexity index is 256. The SMILES string of the molecule is OCCCCCCOc1ccc(O)cc1. The minimum Gasteiger partial charge on any atom is -0.508 e. The van der Waals surface area contributed by atoms with Gasteiger partial charge in [0.1, 0.15) is 11.5 Å². The Kier molecular flexibility index (Phi) is 5.63. The van der Waals surface area contributed by atoms with Gasteiger partial charge in [-0.15, -0.1) is 0 Å². The maximum atomic E-state index is 9.05. The first-order valence-electron chi connectivity index (χ1n) is 5.35. The van der Waals surface area contributed by atoms with Crippen molar-refractivity contribution >= 4 is 0 Å². The zero-order valence-electron chi connectivity index (χ0n) is 8.85. The lowest BCUT2D eigenvalue weighted by atomic mass is 10.2. The average molecular weight is 210 g/mol. The first-order chi connectivity index (χ1) is 7.33. The van der Waals surface area contributed by atoms with Gasteiger partial charge in [-0.05, 0) is 43.5 Å². The predicted octanol–water partition coefficient (Wildman–Crippen LogP) is 2.32. The zero-order chi connectivity index (χ0) is 10.9. The van der Waals surface area contributed by atoms with Gasteiger partial charge in [0.15, 0.2) is 0 Å². The average Bonchev–Trinajstić information content (AvgIpc) is 2.26. The number of phenols is 1. The van der Waals surface area contributed by atoms with E-state index < -0.39 is 0 Å². The Morgan fingerprint density at radius 2 is 1.60 bits per heavy atom. The smallest absolute Gasteiger partial charge is 0.119 e. The van der Waals surface area contributed by atoms with Crippen LogP contribution in [0.4, 0.5) is 0 Å². The van der Waals surface area contributed by atoms with Crippen molar-refractivity contribution < 1.29 is 14.9 Å². The minimum atomic E-state index is 0.255. The molecule has 1 aromatic rings. The molecule has 0 unspecified atom stereocenters. The first kappa shape index (κ1) is 11.9. The van der Waals surface area contributed by atoms with Gasteiger partial charge in [0.05, 0.1) is 6.61 Å². The molecule has 0 heterocycles. The Labute approximate surface area is 90.3 Å². The summed E-state index contributed by atoms with van der Waals surface area (Å²) in [6, 6.07) is 6.73. The maximum absolute atomic E-state index is 9.05. The van der Waals surface area contributed by atoms with Crippen LogP contribution in [0, 0.1) is 0 Å². The van der Waals surface area contributed by atoms with E-state index in [-0.39, 0.29) is 12.4 Å². The minimum absolute atomic E-state index is 0.255. The number of aliphatic hydroxyl groups excluding tert-OH is 1. The Hall–Kier alpha value is -1.22. The van der Waals surface area contributed by atoms with E-state index >= 15 is 0 Å². The number of phenolic OH excluding ortho intramolecular Hbond substituents is 1. The molecule has 84 valence electrons. The summed E-state index contributed by atoms with van der Waals surface area (Å²) < 4.78 is 5.47. The molecule has 0 saturated carbocycles. The summed E-state index contributed by atoms with van der Waals surface area (Å²) in [5.41, 5.74) is 0. The molecular weight excluding hydrogens is 192 g/mol. The Balaban J connectivity index is 2.07. The van der Waals surface area contributed by atoms with Gasteiger partial charge in [0.2, 0.25) is 0 Å². The highest BCUT2D eigenvalue weighted by Crippen LogP contribution is 2.16. The molecular formula is C12H18O3. The summed E-state index contributed by atoms with van der Waals surface area (Å²) in [6.07, 6.45) is 4.01. The van der Waals surface area contributed by atoms with Crippen LogP contribution in [0.15, 0.2) is 24.3 Å². The van der Waals surface area contributed by atoms with Gasteiger partial charge in [-0.2, -0.15) is 0 Å². The monoisotopic (exact) mass is 210 g/mol. The summed E-state index contributed by atoms with van der Waals surface area (Å²) in [7, 11) is 0. The van der Waals surface area contributed by atoms with Crippen molar-refractivity contribution in [3.8, 4) is 11.5 Å². The fourth-order valence-electron chi connectivity index (χ4n) is 1.30. The van der Waals surface area contributed by atoms with Crippen molar-refractivity contribution in [3.63, 3.8) is 0 Å². The van der Waals surface area contributed by atoms with E-state index in [2.05, 4.69) is 0 Å². The summed E-state index contributed by atoms with van der Waals surface area (Å²) >= 11 is 0. The zero-order valence-corrected chi connectivity index (χ0v) is 8.85. The van der Waals surface area contributed by atoms with Crippen molar-refractivity contribution in [1.82, 2.24) is 0 Å². The third-order valence-corrected chi connectivity index (χ3v) is 2.16. The first-order valence-corrected chi connectivity index (χ1v) is 5.35. The van der Waals surface area contributed by atoms with Gasteiger partial charge in [0.25, 0.3) is 0 Å². The second-order valence-electron chi connectivity index (χ2n) is 3.48. The van der Waals surface area contributed by atoms with E-state index in [1.54, 1.807) is 24.3 Å². The summed E-state index contributed by atoms with van der Waals surface area (Å²) in [6.45, 7) is 0.967. The molecule has 0 aromatic heterocycles. The van der Waals surface area contributed by atoms with Crippen molar-refractivity contribution in [2.75, 3.05) is 13.2 Å². The van der Waals surface area contributed by atoms with Crippen LogP contribution in [0.25, 0.3) is 0 Å². The number of hydrogen-bond donors (Lipinski definition) is 2.